The molecule has 10 nitrogen and oxygen atoms in total. The van der Waals surface area contributed by atoms with Gasteiger partial charge in [-0.15, -0.1) is 0 Å². The first-order chi connectivity index (χ1) is 42.2. The van der Waals surface area contributed by atoms with E-state index >= 15 is 0 Å². The zero-order valence-corrected chi connectivity index (χ0v) is 46.6. The average Bonchev–Trinajstić information content (AvgIpc) is 1.61. The summed E-state index contributed by atoms with van der Waals surface area (Å²) in [5.74, 6) is 0. The number of hydrogen-bond acceptors (Lipinski definition) is 10. The van der Waals surface area contributed by atoms with Crippen LogP contribution in [0.15, 0.2) is 264 Å². The maximum Gasteiger partial charge on any atom is 0.160 e. The SMILES string of the molecule is Cc1ccc(N(c2ccccc2)c2ccc3c(c2)oc2c(N(c4ccc(C#N)cc4)c4ccc(C#N)cc4)cc4c(cc(N(c5ccc(C#N)cc5)c5ccc(C#N)cc5)c5oc6cc(N(c7ccccc7)c7ccc(C)cc7)ccc6c54)c23)cc1. The van der Waals surface area contributed by atoms with Crippen molar-refractivity contribution in [2.45, 2.75) is 13.8 Å². The molecule has 2 heterocycles. The van der Waals surface area contributed by atoms with E-state index in [0.717, 1.165) is 100 Å². The van der Waals surface area contributed by atoms with E-state index in [1.165, 1.54) is 0 Å². The van der Waals surface area contributed by atoms with Gasteiger partial charge in [0.15, 0.2) is 11.2 Å². The van der Waals surface area contributed by atoms with E-state index in [4.69, 9.17) is 8.83 Å². The van der Waals surface area contributed by atoms with Crippen molar-refractivity contribution in [3.05, 3.63) is 288 Å². The Morgan fingerprint density at radius 2 is 0.535 bits per heavy atom. The first-order valence-corrected chi connectivity index (χ1v) is 28.0. The van der Waals surface area contributed by atoms with Gasteiger partial charge in [0.1, 0.15) is 11.2 Å². The third kappa shape index (κ3) is 9.16. The van der Waals surface area contributed by atoms with E-state index in [9.17, 15) is 21.0 Å². The smallest absolute Gasteiger partial charge is 0.160 e. The lowest BCUT2D eigenvalue weighted by Crippen LogP contribution is -2.11. The van der Waals surface area contributed by atoms with Crippen LogP contribution in [-0.2, 0) is 0 Å². The second-order valence-electron chi connectivity index (χ2n) is 21.2. The zero-order chi connectivity index (χ0) is 58.4. The zero-order valence-electron chi connectivity index (χ0n) is 46.6. The molecule has 0 aliphatic rings. The molecule has 0 radical (unpaired) electrons. The highest BCUT2D eigenvalue weighted by Crippen LogP contribution is 2.53. The molecular weight excluding hydrogens is 1060 g/mol. The summed E-state index contributed by atoms with van der Waals surface area (Å²) in [6, 6.07) is 93.7. The Labute approximate surface area is 496 Å². The summed E-state index contributed by atoms with van der Waals surface area (Å²) in [6.07, 6.45) is 0. The Morgan fingerprint density at radius 3 is 0.837 bits per heavy atom. The molecule has 14 aromatic rings. The van der Waals surface area contributed by atoms with Gasteiger partial charge in [-0.05, 0) is 207 Å². The van der Waals surface area contributed by atoms with Crippen molar-refractivity contribution < 1.29 is 8.83 Å². The minimum atomic E-state index is 0.505. The fraction of sp³-hybridized carbons (Fsp3) is 0.0263. The van der Waals surface area contributed by atoms with Gasteiger partial charge in [-0.1, -0.05) is 71.8 Å². The fourth-order valence-corrected chi connectivity index (χ4v) is 11.7. The van der Waals surface area contributed by atoms with Crippen LogP contribution >= 0.6 is 0 Å². The van der Waals surface area contributed by atoms with E-state index in [1.54, 1.807) is 48.5 Å². The van der Waals surface area contributed by atoms with Gasteiger partial charge in [0, 0.05) is 90.6 Å². The molecule has 0 bridgehead atoms. The van der Waals surface area contributed by atoms with Crippen molar-refractivity contribution in [3.63, 3.8) is 0 Å². The molecule has 0 aliphatic carbocycles. The van der Waals surface area contributed by atoms with Gasteiger partial charge < -0.3 is 28.4 Å². The van der Waals surface area contributed by atoms with Crippen LogP contribution in [0.4, 0.5) is 68.2 Å². The number of rotatable bonds is 12. The average molecular weight is 1110 g/mol. The first-order valence-electron chi connectivity index (χ1n) is 28.0. The van der Waals surface area contributed by atoms with Crippen LogP contribution in [0.3, 0.4) is 0 Å². The molecule has 404 valence electrons. The Bertz CT molecular complexity index is 4650. The predicted molar refractivity (Wildman–Crippen MR) is 346 cm³/mol. The minimum Gasteiger partial charge on any atom is -0.454 e. The number of fused-ring (bicyclic) bond motifs is 9. The molecule has 0 saturated heterocycles. The van der Waals surface area contributed by atoms with E-state index < -0.39 is 0 Å². The lowest BCUT2D eigenvalue weighted by atomic mass is 9.95. The molecule has 0 atom stereocenters. The largest absolute Gasteiger partial charge is 0.454 e. The number of aryl methyl sites for hydroxylation is 2. The quantitative estimate of drug-likeness (QED) is 0.116. The molecule has 12 aromatic carbocycles. The van der Waals surface area contributed by atoms with Crippen LogP contribution in [0, 0.1) is 59.2 Å². The Kier molecular flexibility index (Phi) is 13.0. The highest BCUT2D eigenvalue weighted by atomic mass is 16.3. The normalized spacial score (nSPS) is 11.1. The molecule has 0 fully saturated rings. The molecule has 14 rings (SSSR count). The number of anilines is 12. The van der Waals surface area contributed by atoms with Gasteiger partial charge in [0.2, 0.25) is 0 Å². The molecule has 0 amide bonds. The highest BCUT2D eigenvalue weighted by molar-refractivity contribution is 6.32. The molecule has 0 spiro atoms. The third-order valence-corrected chi connectivity index (χ3v) is 15.8. The summed E-state index contributed by atoms with van der Waals surface area (Å²) in [7, 11) is 0. The molecule has 10 heteroatoms. The second kappa shape index (κ2) is 21.5. The summed E-state index contributed by atoms with van der Waals surface area (Å²) < 4.78 is 14.9. The van der Waals surface area contributed by atoms with Gasteiger partial charge >= 0.3 is 0 Å². The highest BCUT2D eigenvalue weighted by Gasteiger charge is 2.29. The predicted octanol–water partition coefficient (Wildman–Crippen LogP) is 20.6. The van der Waals surface area contributed by atoms with Crippen molar-refractivity contribution in [2.75, 3.05) is 19.6 Å². The monoisotopic (exact) mass is 1100 g/mol. The van der Waals surface area contributed by atoms with E-state index in [-0.39, 0.29) is 0 Å². The standard InChI is InChI=1S/C76H48N8O2/c1-49-13-25-57(26-14-49)81(55-9-5-3-6-10-55)63-37-39-65-71(41-63)85-75-69(83(59-29-17-51(45-77)18-30-59)60-31-19-52(46-78)20-32-60)44-68-67(73(65)75)43-70(84(61-33-21-53(47-79)22-34-61)62-35-23-54(48-80)24-36-62)76-74(68)66-40-38-64(42-72(66)86-76)82(56-11-7-4-8-12-56)58-27-15-50(2)16-28-58/h3-44H,1-2H3. The van der Waals surface area contributed by atoms with Crippen LogP contribution in [0.25, 0.3) is 54.6 Å². The van der Waals surface area contributed by atoms with Crippen molar-refractivity contribution >= 4 is 123 Å². The molecular formula is C76H48N8O2. The van der Waals surface area contributed by atoms with Gasteiger partial charge in [-0.25, -0.2) is 0 Å². The maximum atomic E-state index is 10.1. The lowest BCUT2D eigenvalue weighted by molar-refractivity contribution is 0.668. The first kappa shape index (κ1) is 51.8. The summed E-state index contributed by atoms with van der Waals surface area (Å²) >= 11 is 0. The Morgan fingerprint density at radius 1 is 0.267 bits per heavy atom. The van der Waals surface area contributed by atoms with Crippen LogP contribution in [-0.4, -0.2) is 0 Å². The van der Waals surface area contributed by atoms with Crippen LogP contribution in [0.2, 0.25) is 0 Å². The lowest BCUT2D eigenvalue weighted by Gasteiger charge is -2.28. The van der Waals surface area contributed by atoms with Gasteiger partial charge in [0.25, 0.3) is 0 Å². The van der Waals surface area contributed by atoms with Crippen LogP contribution in [0.5, 0.6) is 0 Å². The molecule has 2 aromatic heterocycles. The van der Waals surface area contributed by atoms with Crippen LogP contribution in [0.1, 0.15) is 33.4 Å². The number of nitriles is 4. The molecule has 86 heavy (non-hydrogen) atoms. The summed E-state index contributed by atoms with van der Waals surface area (Å²) in [5.41, 5.74) is 16.9. The van der Waals surface area contributed by atoms with Gasteiger partial charge in [0.05, 0.1) is 57.9 Å². The summed E-state index contributed by atoms with van der Waals surface area (Å²) in [5, 5.41) is 45.3. The number of nitrogens with zero attached hydrogens (tertiary/aromatic N) is 8. The van der Waals surface area contributed by atoms with Crippen molar-refractivity contribution in [1.82, 2.24) is 0 Å². The number of furan rings is 2. The van der Waals surface area contributed by atoms with E-state index in [2.05, 4.69) is 179 Å². The minimum absolute atomic E-state index is 0.505. The molecule has 0 saturated carbocycles. The maximum absolute atomic E-state index is 10.1. The second-order valence-corrected chi connectivity index (χ2v) is 21.2. The molecule has 0 aliphatic heterocycles. The van der Waals surface area contributed by atoms with Gasteiger partial charge in [-0.3, -0.25) is 0 Å². The summed E-state index contributed by atoms with van der Waals surface area (Å²) in [4.78, 5) is 8.69. The topological polar surface area (TPSA) is 134 Å². The third-order valence-electron chi connectivity index (χ3n) is 15.8. The van der Waals surface area contributed by atoms with Crippen molar-refractivity contribution in [2.24, 2.45) is 0 Å². The van der Waals surface area contributed by atoms with Gasteiger partial charge in [-0.2, -0.15) is 21.0 Å². The van der Waals surface area contributed by atoms with Crippen molar-refractivity contribution in [1.29, 1.82) is 21.0 Å². The number of para-hydroxylation sites is 2. The number of benzene rings is 12. The van der Waals surface area contributed by atoms with Crippen molar-refractivity contribution in [3.8, 4) is 24.3 Å². The van der Waals surface area contributed by atoms with E-state index in [0.29, 0.717) is 56.0 Å². The Balaban J connectivity index is 1.13. The fourth-order valence-electron chi connectivity index (χ4n) is 11.7. The summed E-state index contributed by atoms with van der Waals surface area (Å²) in [6.45, 7) is 4.17. The number of hydrogen-bond donors (Lipinski definition) is 0. The van der Waals surface area contributed by atoms with E-state index in [1.807, 2.05) is 84.9 Å². The Hall–Kier alpha value is -12.3. The molecule has 0 unspecified atom stereocenters. The van der Waals surface area contributed by atoms with Crippen LogP contribution < -0.4 is 19.6 Å². The molecule has 0 N–H and O–H groups in total.